The minimum Gasteiger partial charge on any atom is -0.394 e. The Morgan fingerprint density at radius 1 is 1.37 bits per heavy atom. The number of aromatic nitrogens is 3. The molecule has 0 spiro atoms. The first kappa shape index (κ1) is 21.0. The van der Waals surface area contributed by atoms with Crippen molar-refractivity contribution in [3.63, 3.8) is 0 Å². The Balaban J connectivity index is 1.73. The van der Waals surface area contributed by atoms with Gasteiger partial charge in [0.1, 0.15) is 17.1 Å². The van der Waals surface area contributed by atoms with Gasteiger partial charge in [0.25, 0.3) is 5.91 Å². The summed E-state index contributed by atoms with van der Waals surface area (Å²) in [6.45, 7) is 1.56. The van der Waals surface area contributed by atoms with E-state index in [0.29, 0.717) is 10.3 Å². The van der Waals surface area contributed by atoms with Crippen molar-refractivity contribution in [3.8, 4) is 0 Å². The van der Waals surface area contributed by atoms with Crippen molar-refractivity contribution in [2.75, 3.05) is 11.9 Å². The van der Waals surface area contributed by atoms with Crippen LogP contribution in [0.3, 0.4) is 0 Å². The molecule has 0 radical (unpaired) electrons. The molecule has 4 rings (SSSR count). The molecule has 3 N–H and O–H groups in total. The normalized spacial score (nSPS) is 24.1. The molecule has 1 fully saturated rings. The Bertz CT molecular complexity index is 1110. The molecule has 1 unspecified atom stereocenters. The molecule has 30 heavy (non-hydrogen) atoms. The number of hydrogen-bond acceptors (Lipinski definition) is 9. The highest BCUT2D eigenvalue weighted by molar-refractivity contribution is 7.25. The molecule has 5 atom stereocenters. The van der Waals surface area contributed by atoms with Crippen molar-refractivity contribution in [1.29, 1.82) is 0 Å². The second-order valence-corrected chi connectivity index (χ2v) is 8.09. The molecule has 1 aliphatic heterocycles. The molecule has 1 amide bonds. The summed E-state index contributed by atoms with van der Waals surface area (Å²) in [6, 6.07) is 8.64. The van der Waals surface area contributed by atoms with Gasteiger partial charge < -0.3 is 24.6 Å². The monoisotopic (exact) mass is 450 g/mol. The van der Waals surface area contributed by atoms with Gasteiger partial charge in [0.15, 0.2) is 26.7 Å². The fraction of sp³-hybridized carbons (Fsp3) is 0.333. The van der Waals surface area contributed by atoms with Gasteiger partial charge in [-0.15, -0.1) is 0 Å². The Morgan fingerprint density at radius 3 is 2.83 bits per heavy atom. The van der Waals surface area contributed by atoms with Crippen LogP contribution in [0.25, 0.3) is 10.3 Å². The van der Waals surface area contributed by atoms with Crippen LogP contribution >= 0.6 is 20.4 Å². The number of hydrogen-bond donors (Lipinski definition) is 3. The van der Waals surface area contributed by atoms with E-state index in [4.69, 9.17) is 9.26 Å². The predicted octanol–water partition coefficient (Wildman–Crippen LogP) is 1.52. The number of ether oxygens (including phenoxy) is 1. The lowest BCUT2D eigenvalue weighted by Gasteiger charge is -2.20. The number of nitrogens with one attached hydrogen (secondary N) is 1. The molecular formula is C18H19N4O6PS. The van der Waals surface area contributed by atoms with Crippen LogP contribution in [0.15, 0.2) is 41.5 Å². The zero-order chi connectivity index (χ0) is 21.3. The molecule has 158 valence electrons. The Hall–Kier alpha value is -2.27. The van der Waals surface area contributed by atoms with Crippen molar-refractivity contribution in [2.45, 2.75) is 25.4 Å². The topological polar surface area (TPSA) is 136 Å². The largest absolute Gasteiger partial charge is 0.394 e. The second kappa shape index (κ2) is 8.84. The average molecular weight is 450 g/mol. The zero-order valence-electron chi connectivity index (χ0n) is 15.8. The maximum atomic E-state index is 12.8. The highest BCUT2D eigenvalue weighted by Gasteiger charge is 2.45. The van der Waals surface area contributed by atoms with E-state index in [2.05, 4.69) is 15.3 Å². The molecule has 0 bridgehead atoms. The summed E-state index contributed by atoms with van der Waals surface area (Å²) < 4.78 is 13.0. The van der Waals surface area contributed by atoms with Crippen LogP contribution in [0.5, 0.6) is 0 Å². The van der Waals surface area contributed by atoms with Crippen LogP contribution in [0.2, 0.25) is 0 Å². The Morgan fingerprint density at radius 2 is 2.13 bits per heavy atom. The number of amides is 1. The van der Waals surface area contributed by atoms with E-state index in [-0.39, 0.29) is 34.8 Å². The quantitative estimate of drug-likeness (QED) is 0.481. The molecule has 12 heteroatoms. The van der Waals surface area contributed by atoms with Gasteiger partial charge in [-0.05, 0) is 12.1 Å². The summed E-state index contributed by atoms with van der Waals surface area (Å²) in [6.07, 6.45) is -0.849. The summed E-state index contributed by atoms with van der Waals surface area (Å²) in [5, 5.41) is 12.3. The maximum absolute atomic E-state index is 12.8. The van der Waals surface area contributed by atoms with E-state index in [0.717, 1.165) is 11.3 Å². The number of rotatable bonds is 6. The van der Waals surface area contributed by atoms with Gasteiger partial charge >= 0.3 is 4.87 Å². The van der Waals surface area contributed by atoms with Gasteiger partial charge in [-0.3, -0.25) is 14.2 Å². The van der Waals surface area contributed by atoms with Crippen LogP contribution in [0.4, 0.5) is 5.82 Å². The zero-order valence-corrected chi connectivity index (χ0v) is 17.6. The van der Waals surface area contributed by atoms with Gasteiger partial charge in [-0.1, -0.05) is 36.5 Å². The third-order valence-corrected chi connectivity index (χ3v) is 6.32. The first-order valence-electron chi connectivity index (χ1n) is 9.08. The summed E-state index contributed by atoms with van der Waals surface area (Å²) in [5.74, 6) is -0.418. The third kappa shape index (κ3) is 3.76. The number of carbonyl (C=O) groups is 1. The molecule has 3 heterocycles. The van der Waals surface area contributed by atoms with Crippen molar-refractivity contribution in [3.05, 3.63) is 51.9 Å². The van der Waals surface area contributed by atoms with Crippen molar-refractivity contribution in [1.82, 2.24) is 14.5 Å². The predicted molar refractivity (Wildman–Crippen MR) is 112 cm³/mol. The molecule has 10 nitrogen and oxygen atoms in total. The van der Waals surface area contributed by atoms with E-state index in [9.17, 15) is 19.6 Å². The number of aliphatic hydroxyl groups excluding tert-OH is 1. The molecule has 2 aromatic heterocycles. The number of thiazole rings is 1. The average Bonchev–Trinajstić information content (AvgIpc) is 3.25. The van der Waals surface area contributed by atoms with Gasteiger partial charge in [0, 0.05) is 11.5 Å². The lowest BCUT2D eigenvalue weighted by molar-refractivity contribution is -0.0447. The van der Waals surface area contributed by atoms with Gasteiger partial charge in [0.05, 0.1) is 12.7 Å². The molecule has 1 saturated heterocycles. The summed E-state index contributed by atoms with van der Waals surface area (Å²) in [5.41, 5.74) is 0.723. The minimum atomic E-state index is -0.884. The smallest absolute Gasteiger partial charge is 0.311 e. The Kier molecular flexibility index (Phi) is 6.19. The lowest BCUT2D eigenvalue weighted by atomic mass is 10.0. The van der Waals surface area contributed by atoms with Crippen molar-refractivity contribution < 1.29 is 24.1 Å². The molecule has 0 saturated carbocycles. The molecule has 1 aliphatic rings. The molecule has 3 aromatic rings. The van der Waals surface area contributed by atoms with Crippen LogP contribution in [-0.4, -0.2) is 49.3 Å². The summed E-state index contributed by atoms with van der Waals surface area (Å²) >= 11 is 0.869. The molecular weight excluding hydrogens is 431 g/mol. The van der Waals surface area contributed by atoms with Crippen LogP contribution < -0.4 is 10.2 Å². The number of nitrogens with zero attached hydrogens (tertiary/aromatic N) is 3. The van der Waals surface area contributed by atoms with E-state index in [1.165, 1.54) is 10.9 Å². The van der Waals surface area contributed by atoms with E-state index >= 15 is 0 Å². The number of aliphatic hydroxyl groups is 1. The van der Waals surface area contributed by atoms with Gasteiger partial charge in [0.2, 0.25) is 0 Å². The first-order chi connectivity index (χ1) is 14.5. The van der Waals surface area contributed by atoms with Crippen molar-refractivity contribution in [2.24, 2.45) is 5.92 Å². The number of carbonyl (C=O) groups excluding carboxylic acids is 1. The van der Waals surface area contributed by atoms with Crippen LogP contribution in [0.1, 0.15) is 23.5 Å². The highest BCUT2D eigenvalue weighted by atomic mass is 32.1. The van der Waals surface area contributed by atoms with Crippen molar-refractivity contribution >= 4 is 42.4 Å². The van der Waals surface area contributed by atoms with E-state index in [1.54, 1.807) is 30.3 Å². The van der Waals surface area contributed by atoms with Gasteiger partial charge in [-0.25, -0.2) is 9.97 Å². The first-order valence-corrected chi connectivity index (χ1v) is 10.8. The number of fused-ring (bicyclic) bond motifs is 1. The van der Waals surface area contributed by atoms with E-state index < -0.39 is 27.5 Å². The lowest BCUT2D eigenvalue weighted by Crippen LogP contribution is -2.30. The van der Waals surface area contributed by atoms with Crippen LogP contribution in [0, 0.1) is 5.92 Å². The standard InChI is InChI=1S/C18H19N4O6PS/c1-9-11(7-23)27-17(12(9)28-29-26)22-15-13(30-18(22)25)14(19-8-20-15)21-16(24)10-5-3-2-4-6-10/h2-6,8-9,11-12,17,23,26,29H,7H2,1H3,(H,19,20,21,24)/t9-,11-,12-,17-/m1/s1. The maximum Gasteiger partial charge on any atom is 0.311 e. The third-order valence-electron chi connectivity index (χ3n) is 4.99. The van der Waals surface area contributed by atoms with E-state index in [1.807, 2.05) is 6.92 Å². The van der Waals surface area contributed by atoms with Gasteiger partial charge in [-0.2, -0.15) is 0 Å². The molecule has 1 aromatic carbocycles. The number of benzene rings is 1. The highest BCUT2D eigenvalue weighted by Crippen LogP contribution is 2.39. The fourth-order valence-corrected chi connectivity index (χ4v) is 4.79. The summed E-state index contributed by atoms with van der Waals surface area (Å²) in [4.78, 5) is 42.6. The fourth-order valence-electron chi connectivity index (χ4n) is 3.43. The second-order valence-electron chi connectivity index (χ2n) is 6.71. The summed E-state index contributed by atoms with van der Waals surface area (Å²) in [7, 11) is -0.802. The SMILES string of the molecule is C[C@H]1[C@@H](OPO)[C@H](n2c(=O)sc3c(NC(=O)c4ccccc4)ncnc32)O[C@@H]1CO. The van der Waals surface area contributed by atoms with Crippen LogP contribution in [-0.2, 0) is 9.26 Å². The Labute approximate surface area is 176 Å². The molecule has 0 aliphatic carbocycles. The minimum absolute atomic E-state index is 0.209. The number of anilines is 1.